The van der Waals surface area contributed by atoms with Gasteiger partial charge in [-0.1, -0.05) is 0 Å². The van der Waals surface area contributed by atoms with Crippen molar-refractivity contribution < 1.29 is 23.8 Å². The van der Waals surface area contributed by atoms with Gasteiger partial charge in [0.15, 0.2) is 0 Å². The van der Waals surface area contributed by atoms with Crippen LogP contribution in [-0.4, -0.2) is 60.7 Å². The van der Waals surface area contributed by atoms with E-state index in [1.165, 1.54) is 7.11 Å². The average molecular weight is 461 g/mol. The van der Waals surface area contributed by atoms with Gasteiger partial charge in [0.25, 0.3) is 0 Å². The molecule has 0 amide bonds. The van der Waals surface area contributed by atoms with Gasteiger partial charge in [0, 0.05) is 0 Å². The minimum absolute atomic E-state index is 0.00692. The van der Waals surface area contributed by atoms with Crippen LogP contribution in [0.25, 0.3) is 11.3 Å². The third-order valence-corrected chi connectivity index (χ3v) is 5.99. The van der Waals surface area contributed by atoms with Crippen molar-refractivity contribution in [2.24, 2.45) is 5.16 Å². The Morgan fingerprint density at radius 2 is 1.52 bits per heavy atom. The molecule has 8 heteroatoms. The minimum atomic E-state index is -0.00692. The Balaban J connectivity index is 2.03. The van der Waals surface area contributed by atoms with E-state index in [2.05, 4.69) is 10.1 Å². The molecule has 0 saturated carbocycles. The monoisotopic (exact) mass is 462 g/mol. The second-order valence-electron chi connectivity index (χ2n) is 5.80. The van der Waals surface area contributed by atoms with Crippen LogP contribution in [0.4, 0.5) is 0 Å². The molecule has 0 aliphatic carbocycles. The van der Waals surface area contributed by atoms with Gasteiger partial charge in [0.05, 0.1) is 0 Å². The first-order valence-electron chi connectivity index (χ1n) is 8.67. The molecule has 0 bridgehead atoms. The number of hydrogen-bond acceptors (Lipinski definition) is 7. The number of benzene rings is 2. The molecule has 0 saturated heterocycles. The molecule has 0 N–H and O–H groups in total. The summed E-state index contributed by atoms with van der Waals surface area (Å²) in [6.07, 6.45) is 0. The van der Waals surface area contributed by atoms with E-state index in [4.69, 9.17) is 28.8 Å². The zero-order valence-corrected chi connectivity index (χ0v) is 18.6. The van der Waals surface area contributed by atoms with Gasteiger partial charge in [-0.25, -0.2) is 0 Å². The van der Waals surface area contributed by atoms with Crippen LogP contribution in [0.1, 0.15) is 10.1 Å². The Morgan fingerprint density at radius 1 is 0.862 bits per heavy atom. The first kappa shape index (κ1) is 20.8. The number of oxime groups is 1. The number of methoxy groups -OCH3 is 4. The summed E-state index contributed by atoms with van der Waals surface area (Å²) in [6, 6.07) is 11.5. The van der Waals surface area contributed by atoms with Crippen LogP contribution in [0.15, 0.2) is 46.5 Å². The quantitative estimate of drug-likeness (QED) is 0.292. The van der Waals surface area contributed by atoms with Crippen LogP contribution in [0.5, 0.6) is 23.0 Å². The summed E-state index contributed by atoms with van der Waals surface area (Å²) in [7, 11) is 7.88. The molecule has 0 radical (unpaired) electrons. The second-order valence-corrected chi connectivity index (χ2v) is 7.60. The molecule has 0 atom stereocenters. The van der Waals surface area contributed by atoms with Gasteiger partial charge in [0.2, 0.25) is 0 Å². The van der Waals surface area contributed by atoms with Crippen molar-refractivity contribution >= 4 is 20.2 Å². The second kappa shape index (κ2) is 9.49. The van der Waals surface area contributed by atoms with Gasteiger partial charge in [-0.3, -0.25) is 0 Å². The SMILES string of the molecule is CO/N=C(/c1cc(OC)c(OC)c(OC)c1)c1nc(-c2ccc(OC)cc2)c[se]1. The van der Waals surface area contributed by atoms with Gasteiger partial charge >= 0.3 is 175 Å². The van der Waals surface area contributed by atoms with E-state index in [9.17, 15) is 0 Å². The summed E-state index contributed by atoms with van der Waals surface area (Å²) >= 11 is -0.00692. The fraction of sp³-hybridized carbons (Fsp3) is 0.238. The number of hydrogen-bond donors (Lipinski definition) is 0. The van der Waals surface area contributed by atoms with Crippen molar-refractivity contribution in [2.45, 2.75) is 0 Å². The van der Waals surface area contributed by atoms with E-state index in [-0.39, 0.29) is 14.5 Å². The molecule has 0 aliphatic heterocycles. The number of ether oxygens (including phenoxy) is 4. The molecule has 0 aliphatic rings. The van der Waals surface area contributed by atoms with E-state index >= 15 is 0 Å². The van der Waals surface area contributed by atoms with Gasteiger partial charge in [-0.05, 0) is 0 Å². The number of nitrogens with zero attached hydrogens (tertiary/aromatic N) is 2. The van der Waals surface area contributed by atoms with E-state index in [1.54, 1.807) is 28.4 Å². The molecule has 0 spiro atoms. The summed E-state index contributed by atoms with van der Waals surface area (Å²) in [5.74, 6) is 2.41. The maximum absolute atomic E-state index is 5.46. The third-order valence-electron chi connectivity index (χ3n) is 4.21. The van der Waals surface area contributed by atoms with Crippen molar-refractivity contribution in [1.29, 1.82) is 0 Å². The Hall–Kier alpha value is -2.96. The maximum atomic E-state index is 5.46. The third kappa shape index (κ3) is 4.39. The van der Waals surface area contributed by atoms with Gasteiger partial charge < -0.3 is 0 Å². The first-order chi connectivity index (χ1) is 14.1. The van der Waals surface area contributed by atoms with Crippen molar-refractivity contribution in [2.75, 3.05) is 35.5 Å². The summed E-state index contributed by atoms with van der Waals surface area (Å²) in [4.78, 5) is 12.0. The van der Waals surface area contributed by atoms with Crippen LogP contribution in [0.3, 0.4) is 0 Å². The molecule has 1 heterocycles. The van der Waals surface area contributed by atoms with Crippen molar-refractivity contribution in [3.8, 4) is 34.3 Å². The van der Waals surface area contributed by atoms with Crippen LogP contribution in [-0.2, 0) is 4.84 Å². The number of rotatable bonds is 8. The van der Waals surface area contributed by atoms with E-state index in [0.29, 0.717) is 23.0 Å². The fourth-order valence-corrected chi connectivity index (χ4v) is 4.54. The number of aromatic nitrogens is 1. The zero-order chi connectivity index (χ0) is 20.8. The summed E-state index contributed by atoms with van der Waals surface area (Å²) in [5.41, 5.74) is 3.32. The average Bonchev–Trinajstić information content (AvgIpc) is 3.26. The fourth-order valence-electron chi connectivity index (χ4n) is 2.80. The normalized spacial score (nSPS) is 11.1. The van der Waals surface area contributed by atoms with Crippen molar-refractivity contribution in [3.63, 3.8) is 0 Å². The topological polar surface area (TPSA) is 71.4 Å². The standard InChI is InChI=1S/C21H22N2O5Se/c1-24-15-8-6-13(7-9-15)16-12-29-21(22-16)19(23-28-5)14-10-17(25-2)20(27-4)18(11-14)26-3/h6-12H,1-5H3/b23-19-. The molecule has 3 rings (SSSR count). The molecule has 29 heavy (non-hydrogen) atoms. The van der Waals surface area contributed by atoms with Gasteiger partial charge in [0.1, 0.15) is 0 Å². The molecule has 1 aromatic heterocycles. The van der Waals surface area contributed by atoms with E-state index in [0.717, 1.165) is 27.1 Å². The first-order valence-corrected chi connectivity index (χ1v) is 10.5. The molecule has 2 aromatic carbocycles. The van der Waals surface area contributed by atoms with E-state index < -0.39 is 0 Å². The summed E-state index contributed by atoms with van der Waals surface area (Å²) in [5, 5.41) is 4.23. The summed E-state index contributed by atoms with van der Waals surface area (Å²) < 4.78 is 22.4. The Kier molecular flexibility index (Phi) is 6.80. The molecule has 0 fully saturated rings. The molecular formula is C21H22N2O5Se. The van der Waals surface area contributed by atoms with Gasteiger partial charge in [-0.15, -0.1) is 0 Å². The molecule has 0 unspecified atom stereocenters. The Labute approximate surface area is 175 Å². The van der Waals surface area contributed by atoms with Crippen LogP contribution < -0.4 is 18.9 Å². The molecule has 152 valence electrons. The Bertz CT molecular complexity index is 974. The van der Waals surface area contributed by atoms with Crippen LogP contribution >= 0.6 is 0 Å². The molecular weight excluding hydrogens is 439 g/mol. The van der Waals surface area contributed by atoms with Crippen molar-refractivity contribution in [3.05, 3.63) is 51.5 Å². The molecule has 3 aromatic rings. The Morgan fingerprint density at radius 3 is 2.03 bits per heavy atom. The molecule has 7 nitrogen and oxygen atoms in total. The predicted molar refractivity (Wildman–Crippen MR) is 112 cm³/mol. The van der Waals surface area contributed by atoms with Crippen LogP contribution in [0.2, 0.25) is 0 Å². The van der Waals surface area contributed by atoms with Crippen molar-refractivity contribution in [1.82, 2.24) is 4.98 Å². The zero-order valence-electron chi connectivity index (χ0n) is 16.9. The van der Waals surface area contributed by atoms with E-state index in [1.807, 2.05) is 36.4 Å². The van der Waals surface area contributed by atoms with Gasteiger partial charge in [-0.2, -0.15) is 0 Å². The van der Waals surface area contributed by atoms with Crippen LogP contribution in [0, 0.1) is 0 Å². The summed E-state index contributed by atoms with van der Waals surface area (Å²) in [6.45, 7) is 0. The predicted octanol–water partition coefficient (Wildman–Crippen LogP) is 3.24.